The second kappa shape index (κ2) is 8.33. The van der Waals surface area contributed by atoms with Crippen molar-refractivity contribution in [2.45, 2.75) is 4.90 Å². The van der Waals surface area contributed by atoms with Gasteiger partial charge in [-0.1, -0.05) is 30.3 Å². The van der Waals surface area contributed by atoms with Crippen molar-refractivity contribution in [2.24, 2.45) is 0 Å². The Bertz CT molecular complexity index is 1330. The number of nitrogens with one attached hydrogen (secondary N) is 1. The van der Waals surface area contributed by atoms with Gasteiger partial charge >= 0.3 is 0 Å². The lowest BCUT2D eigenvalue weighted by Gasteiger charge is -2.11. The minimum Gasteiger partial charge on any atom is -0.325 e. The zero-order valence-corrected chi connectivity index (χ0v) is 18.0. The van der Waals surface area contributed by atoms with Crippen LogP contribution in [0.5, 0.6) is 0 Å². The Labute approximate surface area is 181 Å². The van der Waals surface area contributed by atoms with Crippen molar-refractivity contribution < 1.29 is 13.2 Å². The van der Waals surface area contributed by atoms with E-state index in [-0.39, 0.29) is 10.8 Å². The van der Waals surface area contributed by atoms with Crippen LogP contribution in [0.15, 0.2) is 84.0 Å². The molecule has 0 saturated heterocycles. The fourth-order valence-corrected chi connectivity index (χ4v) is 4.71. The molecule has 0 aliphatic carbocycles. The summed E-state index contributed by atoms with van der Waals surface area (Å²) in [4.78, 5) is 18.3. The Morgan fingerprint density at radius 1 is 1.00 bits per heavy atom. The number of nitrogens with zero attached hydrogens (tertiary/aromatic N) is 3. The Kier molecular flexibility index (Phi) is 5.58. The molecule has 0 saturated carbocycles. The molecule has 0 unspecified atom stereocenters. The molecule has 2 aromatic heterocycles. The first-order chi connectivity index (χ1) is 14.9. The van der Waals surface area contributed by atoms with Crippen LogP contribution in [0.4, 0.5) is 5.69 Å². The molecule has 2 heterocycles. The van der Waals surface area contributed by atoms with Crippen molar-refractivity contribution in [3.05, 3.63) is 79.1 Å². The van der Waals surface area contributed by atoms with Gasteiger partial charge in [-0.2, -0.15) is 0 Å². The summed E-state index contributed by atoms with van der Waals surface area (Å²) < 4.78 is 27.3. The molecule has 4 rings (SSSR count). The highest BCUT2D eigenvalue weighted by Gasteiger charge is 2.20. The van der Waals surface area contributed by atoms with Gasteiger partial charge in [0.25, 0.3) is 10.0 Å². The molecular weight excluding hydrogens is 412 g/mol. The highest BCUT2D eigenvalue weighted by molar-refractivity contribution is 7.90. The second-order valence-electron chi connectivity index (χ2n) is 7.39. The standard InChI is InChI=1S/C23H22N4O3S/c1-26(2)16-22(28)25-18-10-8-17(9-11-18)20-12-14-24-23-21(20)13-15-27(23)31(29,30)19-6-4-3-5-7-19/h3-15H,16H2,1-2H3,(H,25,28). The van der Waals surface area contributed by atoms with Crippen molar-refractivity contribution in [2.75, 3.05) is 26.0 Å². The van der Waals surface area contributed by atoms with E-state index in [1.807, 2.05) is 44.4 Å². The van der Waals surface area contributed by atoms with E-state index in [0.717, 1.165) is 16.5 Å². The van der Waals surface area contributed by atoms with E-state index in [0.29, 0.717) is 17.9 Å². The number of pyridine rings is 1. The first kappa shape index (κ1) is 20.8. The third-order valence-corrected chi connectivity index (χ3v) is 6.47. The summed E-state index contributed by atoms with van der Waals surface area (Å²) in [6, 6.07) is 19.3. The lowest BCUT2D eigenvalue weighted by atomic mass is 10.0. The predicted molar refractivity (Wildman–Crippen MR) is 121 cm³/mol. The molecule has 1 amide bonds. The highest BCUT2D eigenvalue weighted by atomic mass is 32.2. The maximum Gasteiger partial charge on any atom is 0.269 e. The summed E-state index contributed by atoms with van der Waals surface area (Å²) in [5, 5.41) is 3.58. The van der Waals surface area contributed by atoms with Crippen LogP contribution >= 0.6 is 0 Å². The van der Waals surface area contributed by atoms with Crippen LogP contribution in [0.25, 0.3) is 22.2 Å². The van der Waals surface area contributed by atoms with Gasteiger partial charge in [0.1, 0.15) is 0 Å². The third kappa shape index (κ3) is 4.21. The SMILES string of the molecule is CN(C)CC(=O)Nc1ccc(-c2ccnc3c2ccn3S(=O)(=O)c2ccccc2)cc1. The summed E-state index contributed by atoms with van der Waals surface area (Å²) in [5.41, 5.74) is 2.82. The highest BCUT2D eigenvalue weighted by Crippen LogP contribution is 2.30. The van der Waals surface area contributed by atoms with Gasteiger partial charge in [-0.05, 0) is 61.6 Å². The Morgan fingerprint density at radius 3 is 2.39 bits per heavy atom. The van der Waals surface area contributed by atoms with Crippen molar-refractivity contribution in [1.82, 2.24) is 13.9 Å². The van der Waals surface area contributed by atoms with E-state index < -0.39 is 10.0 Å². The molecule has 7 nitrogen and oxygen atoms in total. The molecule has 0 aliphatic rings. The second-order valence-corrected chi connectivity index (χ2v) is 9.20. The molecule has 0 bridgehead atoms. The smallest absolute Gasteiger partial charge is 0.269 e. The van der Waals surface area contributed by atoms with E-state index in [1.54, 1.807) is 47.5 Å². The maximum atomic E-state index is 13.1. The molecule has 8 heteroatoms. The van der Waals surface area contributed by atoms with Crippen LogP contribution in [-0.2, 0) is 14.8 Å². The van der Waals surface area contributed by atoms with E-state index in [2.05, 4.69) is 10.3 Å². The van der Waals surface area contributed by atoms with Crippen LogP contribution in [0, 0.1) is 0 Å². The molecule has 0 atom stereocenters. The first-order valence-corrected chi connectivity index (χ1v) is 11.1. The number of likely N-dealkylation sites (N-methyl/N-ethyl adjacent to an activating group) is 1. The fraction of sp³-hybridized carbons (Fsp3) is 0.130. The fourth-order valence-electron chi connectivity index (χ4n) is 3.39. The number of carbonyl (C=O) groups excluding carboxylic acids is 1. The first-order valence-electron chi connectivity index (χ1n) is 9.68. The van der Waals surface area contributed by atoms with Gasteiger partial charge in [-0.15, -0.1) is 0 Å². The summed E-state index contributed by atoms with van der Waals surface area (Å²) in [7, 11) is -0.0791. The van der Waals surface area contributed by atoms with Crippen molar-refractivity contribution in [3.8, 4) is 11.1 Å². The number of hydrogen-bond acceptors (Lipinski definition) is 5. The Balaban J connectivity index is 1.68. The number of carbonyl (C=O) groups is 1. The molecule has 0 radical (unpaired) electrons. The van der Waals surface area contributed by atoms with Gasteiger partial charge < -0.3 is 10.2 Å². The normalized spacial score (nSPS) is 11.7. The molecule has 0 spiro atoms. The molecule has 31 heavy (non-hydrogen) atoms. The van der Waals surface area contributed by atoms with Crippen molar-refractivity contribution in [3.63, 3.8) is 0 Å². The van der Waals surface area contributed by atoms with E-state index in [4.69, 9.17) is 0 Å². The monoisotopic (exact) mass is 434 g/mol. The van der Waals surface area contributed by atoms with Crippen LogP contribution in [0.2, 0.25) is 0 Å². The summed E-state index contributed by atoms with van der Waals surface area (Å²) >= 11 is 0. The van der Waals surface area contributed by atoms with E-state index in [9.17, 15) is 13.2 Å². The topological polar surface area (TPSA) is 84.3 Å². The summed E-state index contributed by atoms with van der Waals surface area (Å²) in [6.45, 7) is 0.302. The number of anilines is 1. The minimum atomic E-state index is -3.75. The molecule has 158 valence electrons. The van der Waals surface area contributed by atoms with E-state index >= 15 is 0 Å². The van der Waals surface area contributed by atoms with Crippen LogP contribution in [-0.4, -0.2) is 48.8 Å². The van der Waals surface area contributed by atoms with Gasteiger partial charge in [0.15, 0.2) is 5.65 Å². The number of aromatic nitrogens is 2. The van der Waals surface area contributed by atoms with Gasteiger partial charge in [-0.3, -0.25) is 4.79 Å². The molecule has 2 aromatic carbocycles. The average Bonchev–Trinajstić information content (AvgIpc) is 3.19. The van der Waals surface area contributed by atoms with Gasteiger partial charge in [0.05, 0.1) is 11.4 Å². The van der Waals surface area contributed by atoms with Gasteiger partial charge in [0.2, 0.25) is 5.91 Å². The minimum absolute atomic E-state index is 0.0905. The number of fused-ring (bicyclic) bond motifs is 1. The summed E-state index contributed by atoms with van der Waals surface area (Å²) in [5.74, 6) is -0.0905. The number of hydrogen-bond donors (Lipinski definition) is 1. The lowest BCUT2D eigenvalue weighted by Crippen LogP contribution is -2.27. The lowest BCUT2D eigenvalue weighted by molar-refractivity contribution is -0.116. The zero-order chi connectivity index (χ0) is 22.0. The van der Waals surface area contributed by atoms with Crippen LogP contribution in [0.3, 0.4) is 0 Å². The Morgan fingerprint density at radius 2 is 1.71 bits per heavy atom. The predicted octanol–water partition coefficient (Wildman–Crippen LogP) is 3.44. The number of rotatable bonds is 6. The van der Waals surface area contributed by atoms with Gasteiger partial charge in [-0.25, -0.2) is 17.4 Å². The Hall–Kier alpha value is -3.49. The maximum absolute atomic E-state index is 13.1. The van der Waals surface area contributed by atoms with Crippen molar-refractivity contribution in [1.29, 1.82) is 0 Å². The van der Waals surface area contributed by atoms with Crippen LogP contribution < -0.4 is 5.32 Å². The summed E-state index contributed by atoms with van der Waals surface area (Å²) in [6.07, 6.45) is 3.13. The molecule has 1 N–H and O–H groups in total. The quantitative estimate of drug-likeness (QED) is 0.503. The molecule has 4 aromatic rings. The number of benzene rings is 2. The van der Waals surface area contributed by atoms with E-state index in [1.165, 1.54) is 10.2 Å². The molecule has 0 aliphatic heterocycles. The largest absolute Gasteiger partial charge is 0.325 e. The van der Waals surface area contributed by atoms with Gasteiger partial charge in [0, 0.05) is 23.5 Å². The number of amides is 1. The average molecular weight is 435 g/mol. The zero-order valence-electron chi connectivity index (χ0n) is 17.2. The molecular formula is C23H22N4O3S. The van der Waals surface area contributed by atoms with Crippen LogP contribution in [0.1, 0.15) is 0 Å². The molecule has 0 fully saturated rings. The third-order valence-electron chi connectivity index (χ3n) is 4.79. The van der Waals surface area contributed by atoms with Crippen molar-refractivity contribution >= 4 is 32.7 Å².